The molecular weight excluding hydrogens is 324 g/mol. The molecule has 2 aromatic heterocycles. The van der Waals surface area contributed by atoms with Crippen LogP contribution < -0.4 is 5.56 Å². The van der Waals surface area contributed by atoms with Gasteiger partial charge in [0.15, 0.2) is 0 Å². The van der Waals surface area contributed by atoms with E-state index in [0.29, 0.717) is 19.7 Å². The number of hydrogen-bond donors (Lipinski definition) is 0. The lowest BCUT2D eigenvalue weighted by atomic mass is 10.1. The molecule has 128 valence electrons. The molecule has 1 fully saturated rings. The van der Waals surface area contributed by atoms with Crippen LogP contribution in [0.25, 0.3) is 0 Å². The average Bonchev–Trinajstić information content (AvgIpc) is 3.27. The molecule has 0 spiro atoms. The van der Waals surface area contributed by atoms with E-state index < -0.39 is 0 Å². The number of amides is 1. The zero-order valence-electron chi connectivity index (χ0n) is 14.0. The second kappa shape index (κ2) is 7.32. The van der Waals surface area contributed by atoms with Crippen LogP contribution in [0.3, 0.4) is 0 Å². The Labute approximate surface area is 145 Å². The van der Waals surface area contributed by atoms with Crippen LogP contribution in [0.4, 0.5) is 0 Å². The molecule has 1 amide bonds. The van der Waals surface area contributed by atoms with Crippen molar-refractivity contribution >= 4 is 17.2 Å². The molecule has 0 aromatic carbocycles. The van der Waals surface area contributed by atoms with E-state index in [-0.39, 0.29) is 23.1 Å². The van der Waals surface area contributed by atoms with E-state index in [9.17, 15) is 9.59 Å². The van der Waals surface area contributed by atoms with Crippen molar-refractivity contribution < 1.29 is 9.53 Å². The van der Waals surface area contributed by atoms with Crippen molar-refractivity contribution in [3.05, 3.63) is 56.1 Å². The number of nitrogens with zero attached hydrogens (tertiary/aromatic N) is 2. The third-order valence-corrected chi connectivity index (χ3v) is 5.02. The lowest BCUT2D eigenvalue weighted by molar-refractivity contribution is 0.0677. The number of ether oxygens (including phenoxy) is 1. The molecular formula is C18H22N2O3S. The van der Waals surface area contributed by atoms with Gasteiger partial charge in [-0.05, 0) is 53.8 Å². The summed E-state index contributed by atoms with van der Waals surface area (Å²) in [7, 11) is 1.61. The molecule has 2 heterocycles. The molecule has 1 aliphatic rings. The van der Waals surface area contributed by atoms with Gasteiger partial charge in [0.25, 0.3) is 11.5 Å². The molecule has 0 saturated heterocycles. The maximum atomic E-state index is 13.1. The van der Waals surface area contributed by atoms with Crippen molar-refractivity contribution in [2.75, 3.05) is 20.3 Å². The molecule has 0 N–H and O–H groups in total. The van der Waals surface area contributed by atoms with Crippen LogP contribution >= 0.6 is 11.3 Å². The zero-order chi connectivity index (χ0) is 17.1. The van der Waals surface area contributed by atoms with E-state index in [0.717, 1.165) is 24.0 Å². The topological polar surface area (TPSA) is 51.5 Å². The Kier molecular flexibility index (Phi) is 5.16. The van der Waals surface area contributed by atoms with Crippen LogP contribution in [0.15, 0.2) is 33.9 Å². The van der Waals surface area contributed by atoms with Crippen molar-refractivity contribution in [3.63, 3.8) is 0 Å². The summed E-state index contributed by atoms with van der Waals surface area (Å²) in [5.74, 6) is -0.212. The number of rotatable bonds is 7. The molecule has 0 radical (unpaired) electrons. The van der Waals surface area contributed by atoms with E-state index in [1.807, 2.05) is 36.0 Å². The van der Waals surface area contributed by atoms with Crippen molar-refractivity contribution in [2.24, 2.45) is 0 Å². The molecule has 5 nitrogen and oxygen atoms in total. The fourth-order valence-corrected chi connectivity index (χ4v) is 3.42. The Morgan fingerprint density at radius 2 is 2.21 bits per heavy atom. The number of aryl methyl sites for hydroxylation is 1. The SMILES string of the molecule is COCCN(Cc1ccsc1)C(=O)c1c(C)ccn(C2CC2)c1=O. The van der Waals surface area contributed by atoms with Gasteiger partial charge in [0.1, 0.15) is 5.56 Å². The Morgan fingerprint density at radius 1 is 1.42 bits per heavy atom. The van der Waals surface area contributed by atoms with Gasteiger partial charge in [-0.25, -0.2) is 0 Å². The molecule has 1 saturated carbocycles. The van der Waals surface area contributed by atoms with E-state index in [1.54, 1.807) is 27.9 Å². The van der Waals surface area contributed by atoms with Crippen molar-refractivity contribution in [2.45, 2.75) is 32.4 Å². The van der Waals surface area contributed by atoms with Gasteiger partial charge in [0.2, 0.25) is 0 Å². The first-order chi connectivity index (χ1) is 11.6. The summed E-state index contributed by atoms with van der Waals surface area (Å²) in [5.41, 5.74) is 1.92. The number of aromatic nitrogens is 1. The number of carbonyl (C=O) groups excluding carboxylic acids is 1. The van der Waals surface area contributed by atoms with Crippen LogP contribution in [-0.4, -0.2) is 35.6 Å². The molecule has 6 heteroatoms. The third kappa shape index (κ3) is 3.60. The fraction of sp³-hybridized carbons (Fsp3) is 0.444. The van der Waals surface area contributed by atoms with Crippen LogP contribution in [0, 0.1) is 6.92 Å². The number of hydrogen-bond acceptors (Lipinski definition) is 4. The van der Waals surface area contributed by atoms with Gasteiger partial charge in [-0.2, -0.15) is 11.3 Å². The Bertz CT molecular complexity index is 763. The van der Waals surface area contributed by atoms with Crippen LogP contribution in [0.5, 0.6) is 0 Å². The summed E-state index contributed by atoms with van der Waals surface area (Å²) in [6.07, 6.45) is 3.84. The molecule has 0 aliphatic heterocycles. The smallest absolute Gasteiger partial charge is 0.263 e. The van der Waals surface area contributed by atoms with Gasteiger partial charge >= 0.3 is 0 Å². The van der Waals surface area contributed by atoms with Crippen molar-refractivity contribution in [1.82, 2.24) is 9.47 Å². The summed E-state index contributed by atoms with van der Waals surface area (Å²) in [4.78, 5) is 27.6. The highest BCUT2D eigenvalue weighted by molar-refractivity contribution is 7.07. The van der Waals surface area contributed by atoms with Gasteiger partial charge in [-0.3, -0.25) is 9.59 Å². The minimum atomic E-state index is -0.212. The Hall–Kier alpha value is -1.92. The molecule has 2 aromatic rings. The highest BCUT2D eigenvalue weighted by atomic mass is 32.1. The predicted octanol–water partition coefficient (Wildman–Crippen LogP) is 2.84. The summed E-state index contributed by atoms with van der Waals surface area (Å²) in [5, 5.41) is 4.01. The van der Waals surface area contributed by atoms with Gasteiger partial charge in [-0.1, -0.05) is 0 Å². The first-order valence-corrected chi connectivity index (χ1v) is 9.07. The fourth-order valence-electron chi connectivity index (χ4n) is 2.76. The van der Waals surface area contributed by atoms with E-state index in [4.69, 9.17) is 4.74 Å². The minimum absolute atomic E-state index is 0.171. The van der Waals surface area contributed by atoms with Gasteiger partial charge in [-0.15, -0.1) is 0 Å². The Balaban J connectivity index is 1.91. The Morgan fingerprint density at radius 3 is 2.83 bits per heavy atom. The normalized spacial score (nSPS) is 13.9. The molecule has 24 heavy (non-hydrogen) atoms. The molecule has 1 aliphatic carbocycles. The van der Waals surface area contributed by atoms with Gasteiger partial charge in [0, 0.05) is 32.4 Å². The summed E-state index contributed by atoms with van der Waals surface area (Å²) < 4.78 is 6.84. The number of methoxy groups -OCH3 is 1. The maximum Gasteiger partial charge on any atom is 0.263 e. The van der Waals surface area contributed by atoms with Crippen molar-refractivity contribution in [1.29, 1.82) is 0 Å². The standard InChI is InChI=1S/C18H22N2O3S/c1-13-5-7-20(15-3-4-15)18(22)16(13)17(21)19(8-9-23-2)11-14-6-10-24-12-14/h5-7,10,12,15H,3-4,8-9,11H2,1-2H3. The predicted molar refractivity (Wildman–Crippen MR) is 94.6 cm³/mol. The van der Waals surface area contributed by atoms with E-state index in [2.05, 4.69) is 0 Å². The van der Waals surface area contributed by atoms with E-state index in [1.165, 1.54) is 0 Å². The minimum Gasteiger partial charge on any atom is -0.383 e. The molecule has 0 unspecified atom stereocenters. The molecule has 0 bridgehead atoms. The average molecular weight is 346 g/mol. The van der Waals surface area contributed by atoms with Crippen molar-refractivity contribution in [3.8, 4) is 0 Å². The second-order valence-electron chi connectivity index (χ2n) is 6.17. The lowest BCUT2D eigenvalue weighted by Crippen LogP contribution is -2.38. The number of carbonyl (C=O) groups is 1. The second-order valence-corrected chi connectivity index (χ2v) is 6.95. The molecule has 3 rings (SSSR count). The van der Waals surface area contributed by atoms with Crippen LogP contribution in [-0.2, 0) is 11.3 Å². The largest absolute Gasteiger partial charge is 0.383 e. The van der Waals surface area contributed by atoms with Gasteiger partial charge < -0.3 is 14.2 Å². The number of pyridine rings is 1. The first-order valence-electron chi connectivity index (χ1n) is 8.13. The van der Waals surface area contributed by atoms with Crippen LogP contribution in [0.1, 0.15) is 40.4 Å². The van der Waals surface area contributed by atoms with E-state index >= 15 is 0 Å². The highest BCUT2D eigenvalue weighted by Gasteiger charge is 2.28. The summed E-state index contributed by atoms with van der Waals surface area (Å²) in [6.45, 7) is 3.22. The quantitative estimate of drug-likeness (QED) is 0.775. The number of thiophene rings is 1. The highest BCUT2D eigenvalue weighted by Crippen LogP contribution is 2.33. The summed E-state index contributed by atoms with van der Waals surface area (Å²) >= 11 is 1.60. The third-order valence-electron chi connectivity index (χ3n) is 4.29. The zero-order valence-corrected chi connectivity index (χ0v) is 14.8. The molecule has 0 atom stereocenters. The van der Waals surface area contributed by atoms with Crippen LogP contribution in [0.2, 0.25) is 0 Å². The lowest BCUT2D eigenvalue weighted by Gasteiger charge is -2.23. The maximum absolute atomic E-state index is 13.1. The van der Waals surface area contributed by atoms with Gasteiger partial charge in [0.05, 0.1) is 6.61 Å². The first kappa shape index (κ1) is 16.9. The summed E-state index contributed by atoms with van der Waals surface area (Å²) in [6, 6.07) is 4.12. The monoisotopic (exact) mass is 346 g/mol.